The molecule has 0 radical (unpaired) electrons. The molecule has 4 rings (SSSR count). The summed E-state index contributed by atoms with van der Waals surface area (Å²) in [5.74, 6) is -0.425. The normalized spacial score (nSPS) is 11.6. The zero-order valence-corrected chi connectivity index (χ0v) is 15.9. The maximum Gasteiger partial charge on any atom is 0.416 e. The molecule has 0 aliphatic carbocycles. The first-order valence-electron chi connectivity index (χ1n) is 9.11. The molecule has 2 aromatic carbocycles. The first-order valence-corrected chi connectivity index (χ1v) is 9.11. The number of fused-ring (bicyclic) bond motifs is 1. The van der Waals surface area contributed by atoms with Crippen molar-refractivity contribution in [1.29, 1.82) is 0 Å². The van der Waals surface area contributed by atoms with Crippen molar-refractivity contribution < 1.29 is 18.0 Å². The Labute approximate surface area is 173 Å². The lowest BCUT2D eigenvalue weighted by molar-refractivity contribution is -0.137. The maximum absolute atomic E-state index is 12.9. The number of amides is 1. The van der Waals surface area contributed by atoms with Crippen LogP contribution in [0.2, 0.25) is 0 Å². The molecule has 2 heterocycles. The maximum atomic E-state index is 12.9. The summed E-state index contributed by atoms with van der Waals surface area (Å²) in [6, 6.07) is 13.5. The fraction of sp³-hybridized carbons (Fsp3) is 0.150. The van der Waals surface area contributed by atoms with Crippen molar-refractivity contribution in [1.82, 2.24) is 24.5 Å². The highest BCUT2D eigenvalue weighted by Crippen LogP contribution is 2.29. The minimum Gasteiger partial charge on any atom is -0.325 e. The lowest BCUT2D eigenvalue weighted by atomic mass is 10.1. The van der Waals surface area contributed by atoms with Crippen molar-refractivity contribution in [2.45, 2.75) is 19.3 Å². The Bertz CT molecular complexity index is 1300. The van der Waals surface area contributed by atoms with Gasteiger partial charge in [0, 0.05) is 5.69 Å². The number of para-hydroxylation sites is 1. The number of carbonyl (C=O) groups excluding carboxylic acids is 1. The second-order valence-corrected chi connectivity index (χ2v) is 6.71. The monoisotopic (exact) mass is 428 g/mol. The summed E-state index contributed by atoms with van der Waals surface area (Å²) in [5.41, 5.74) is -0.418. The molecule has 0 unspecified atom stereocenters. The molecule has 8 nitrogen and oxygen atoms in total. The van der Waals surface area contributed by atoms with Gasteiger partial charge in [-0.15, -0.1) is 5.10 Å². The molecule has 158 valence electrons. The molecule has 0 saturated heterocycles. The van der Waals surface area contributed by atoms with Gasteiger partial charge in [-0.2, -0.15) is 13.2 Å². The van der Waals surface area contributed by atoms with Crippen LogP contribution >= 0.6 is 0 Å². The molecule has 0 aliphatic heterocycles. The third-order valence-corrected chi connectivity index (χ3v) is 4.45. The fourth-order valence-electron chi connectivity index (χ4n) is 3.00. The number of aromatic nitrogens is 5. The average Bonchev–Trinajstić information content (AvgIpc) is 3.14. The van der Waals surface area contributed by atoms with E-state index in [0.717, 1.165) is 16.7 Å². The molecule has 0 fully saturated rings. The summed E-state index contributed by atoms with van der Waals surface area (Å²) in [7, 11) is 0. The summed E-state index contributed by atoms with van der Waals surface area (Å²) in [6.07, 6.45) is -3.28. The van der Waals surface area contributed by atoms with Crippen LogP contribution in [-0.2, 0) is 24.1 Å². The molecule has 11 heteroatoms. The number of halogens is 3. The number of benzene rings is 2. The first kappa shape index (κ1) is 20.3. The van der Waals surface area contributed by atoms with Gasteiger partial charge in [-0.05, 0) is 29.8 Å². The molecule has 0 saturated carbocycles. The molecule has 0 aliphatic rings. The summed E-state index contributed by atoms with van der Waals surface area (Å²) in [5, 5.41) is 10.3. The van der Waals surface area contributed by atoms with E-state index >= 15 is 0 Å². The van der Waals surface area contributed by atoms with Gasteiger partial charge < -0.3 is 5.32 Å². The van der Waals surface area contributed by atoms with E-state index in [-0.39, 0.29) is 24.3 Å². The standard InChI is InChI=1S/C20H15F3N6O2/c21-20(22,23)14-6-4-5-13(9-14)10-29-18-17(26-27-29)19(31)28(12-24-18)11-16(30)25-15-7-2-1-3-8-15/h1-9,12H,10-11H2,(H,25,30). The molecule has 2 aromatic heterocycles. The highest BCUT2D eigenvalue weighted by atomic mass is 19.4. The molecule has 31 heavy (non-hydrogen) atoms. The summed E-state index contributed by atoms with van der Waals surface area (Å²) >= 11 is 0. The van der Waals surface area contributed by atoms with E-state index in [1.807, 2.05) is 0 Å². The van der Waals surface area contributed by atoms with Gasteiger partial charge in [0.15, 0.2) is 11.2 Å². The van der Waals surface area contributed by atoms with E-state index in [0.29, 0.717) is 11.3 Å². The van der Waals surface area contributed by atoms with Crippen molar-refractivity contribution in [2.75, 3.05) is 5.32 Å². The van der Waals surface area contributed by atoms with E-state index in [1.165, 1.54) is 23.1 Å². The van der Waals surface area contributed by atoms with E-state index in [1.54, 1.807) is 30.3 Å². The predicted octanol–water partition coefficient (Wildman–Crippen LogP) is 2.69. The topological polar surface area (TPSA) is 94.7 Å². The smallest absolute Gasteiger partial charge is 0.325 e. The SMILES string of the molecule is O=C(Cn1cnc2c(nnn2Cc2cccc(C(F)(F)F)c2)c1=O)Nc1ccccc1. The van der Waals surface area contributed by atoms with Crippen LogP contribution in [0.1, 0.15) is 11.1 Å². The summed E-state index contributed by atoms with van der Waals surface area (Å²) < 4.78 is 41.1. The van der Waals surface area contributed by atoms with Crippen LogP contribution in [0.4, 0.5) is 18.9 Å². The molecule has 1 amide bonds. The average molecular weight is 428 g/mol. The molecule has 0 atom stereocenters. The zero-order chi connectivity index (χ0) is 22.0. The van der Waals surface area contributed by atoms with Crippen molar-refractivity contribution in [2.24, 2.45) is 0 Å². The lowest BCUT2D eigenvalue weighted by Crippen LogP contribution is -2.28. The minimum absolute atomic E-state index is 0.0502. The Balaban J connectivity index is 1.56. The molecule has 1 N–H and O–H groups in total. The van der Waals surface area contributed by atoms with Gasteiger partial charge in [-0.1, -0.05) is 35.5 Å². The van der Waals surface area contributed by atoms with Crippen LogP contribution in [0, 0.1) is 0 Å². The Morgan fingerprint density at radius 2 is 1.84 bits per heavy atom. The largest absolute Gasteiger partial charge is 0.416 e. The molecule has 4 aromatic rings. The van der Waals surface area contributed by atoms with Crippen molar-refractivity contribution >= 4 is 22.8 Å². The van der Waals surface area contributed by atoms with Crippen LogP contribution in [0.15, 0.2) is 65.7 Å². The van der Waals surface area contributed by atoms with Gasteiger partial charge in [0.25, 0.3) is 5.56 Å². The molecule has 0 bridgehead atoms. The number of hydrogen-bond donors (Lipinski definition) is 1. The van der Waals surface area contributed by atoms with Gasteiger partial charge in [0.2, 0.25) is 5.91 Å². The Morgan fingerprint density at radius 1 is 1.06 bits per heavy atom. The van der Waals surface area contributed by atoms with Gasteiger partial charge in [0.05, 0.1) is 12.1 Å². The Kier molecular flexibility index (Phi) is 5.24. The zero-order valence-electron chi connectivity index (χ0n) is 15.9. The number of hydrogen-bond acceptors (Lipinski definition) is 5. The van der Waals surface area contributed by atoms with E-state index in [4.69, 9.17) is 0 Å². The fourth-order valence-corrected chi connectivity index (χ4v) is 3.00. The number of nitrogens with zero attached hydrogens (tertiary/aromatic N) is 5. The number of carbonyl (C=O) groups is 1. The highest BCUT2D eigenvalue weighted by Gasteiger charge is 2.30. The third kappa shape index (κ3) is 4.44. The van der Waals surface area contributed by atoms with Gasteiger partial charge in [0.1, 0.15) is 12.9 Å². The predicted molar refractivity (Wildman–Crippen MR) is 105 cm³/mol. The lowest BCUT2D eigenvalue weighted by Gasteiger charge is -2.09. The Morgan fingerprint density at radius 3 is 2.58 bits per heavy atom. The number of nitrogens with one attached hydrogen (secondary N) is 1. The Hall–Kier alpha value is -4.02. The second kappa shape index (κ2) is 8.01. The number of rotatable bonds is 5. The van der Waals surface area contributed by atoms with Crippen LogP contribution in [0.5, 0.6) is 0 Å². The summed E-state index contributed by atoms with van der Waals surface area (Å²) in [6.45, 7) is -0.331. The third-order valence-electron chi connectivity index (χ3n) is 4.45. The second-order valence-electron chi connectivity index (χ2n) is 6.71. The molecular weight excluding hydrogens is 413 g/mol. The van der Waals surface area contributed by atoms with E-state index in [9.17, 15) is 22.8 Å². The van der Waals surface area contributed by atoms with Crippen molar-refractivity contribution in [3.05, 3.63) is 82.4 Å². The van der Waals surface area contributed by atoms with E-state index in [2.05, 4.69) is 20.6 Å². The van der Waals surface area contributed by atoms with Crippen molar-refractivity contribution in [3.63, 3.8) is 0 Å². The van der Waals surface area contributed by atoms with Crippen LogP contribution in [0.3, 0.4) is 0 Å². The molecule has 0 spiro atoms. The van der Waals surface area contributed by atoms with Gasteiger partial charge in [-0.25, -0.2) is 9.67 Å². The summed E-state index contributed by atoms with van der Waals surface area (Å²) in [4.78, 5) is 29.0. The van der Waals surface area contributed by atoms with Crippen LogP contribution in [0.25, 0.3) is 11.2 Å². The van der Waals surface area contributed by atoms with Gasteiger partial charge >= 0.3 is 6.18 Å². The molecular formula is C20H15F3N6O2. The number of anilines is 1. The number of alkyl halides is 3. The quantitative estimate of drug-likeness (QED) is 0.528. The first-order chi connectivity index (χ1) is 14.8. The van der Waals surface area contributed by atoms with Crippen molar-refractivity contribution in [3.8, 4) is 0 Å². The van der Waals surface area contributed by atoms with Gasteiger partial charge in [-0.3, -0.25) is 14.2 Å². The minimum atomic E-state index is -4.47. The van der Waals surface area contributed by atoms with Crippen LogP contribution < -0.4 is 10.9 Å². The van der Waals surface area contributed by atoms with E-state index < -0.39 is 23.2 Å². The highest BCUT2D eigenvalue weighted by molar-refractivity contribution is 5.90. The van der Waals surface area contributed by atoms with Crippen LogP contribution in [-0.4, -0.2) is 30.5 Å².